The number of hydrogen-bond donors (Lipinski definition) is 0. The van der Waals surface area contributed by atoms with Crippen LogP contribution in [-0.2, 0) is 12.8 Å². The van der Waals surface area contributed by atoms with E-state index in [2.05, 4.69) is 18.0 Å². The van der Waals surface area contributed by atoms with E-state index in [0.717, 1.165) is 6.42 Å². The van der Waals surface area contributed by atoms with Gasteiger partial charge in [-0.25, -0.2) is 0 Å². The monoisotopic (exact) mass is 179 g/mol. The number of aryl methyl sites for hydroxylation is 1. The van der Waals surface area contributed by atoms with Gasteiger partial charge in [0, 0.05) is 16.8 Å². The normalized spacial score (nSPS) is 15.8. The van der Waals surface area contributed by atoms with E-state index in [1.807, 2.05) is 18.0 Å². The summed E-state index contributed by atoms with van der Waals surface area (Å²) in [6, 6.07) is 2.15. The van der Waals surface area contributed by atoms with Gasteiger partial charge in [-0.1, -0.05) is 6.92 Å². The summed E-state index contributed by atoms with van der Waals surface area (Å²) in [5.74, 6) is 1.28. The van der Waals surface area contributed by atoms with Gasteiger partial charge in [0.05, 0.1) is 0 Å². The van der Waals surface area contributed by atoms with E-state index in [0.29, 0.717) is 0 Å². The highest BCUT2D eigenvalue weighted by atomic mass is 32.2. The molecule has 0 fully saturated rings. The first-order valence-corrected chi connectivity index (χ1v) is 5.50. The first-order chi connectivity index (χ1) is 5.92. The highest BCUT2D eigenvalue weighted by Crippen LogP contribution is 2.30. The lowest BCUT2D eigenvalue weighted by Crippen LogP contribution is -2.04. The zero-order valence-corrected chi connectivity index (χ0v) is 8.16. The highest BCUT2D eigenvalue weighted by molar-refractivity contribution is 7.99. The maximum atomic E-state index is 4.40. The molecule has 0 bridgehead atoms. The lowest BCUT2D eigenvalue weighted by Gasteiger charge is -2.16. The van der Waals surface area contributed by atoms with Crippen molar-refractivity contribution in [2.75, 3.05) is 5.75 Å². The number of thioether (sulfide) groups is 1. The van der Waals surface area contributed by atoms with E-state index < -0.39 is 0 Å². The van der Waals surface area contributed by atoms with Gasteiger partial charge in [-0.3, -0.25) is 4.98 Å². The molecule has 2 rings (SSSR count). The third-order valence-corrected chi connectivity index (χ3v) is 3.45. The lowest BCUT2D eigenvalue weighted by atomic mass is 10.1. The molecule has 0 saturated heterocycles. The molecule has 0 radical (unpaired) electrons. The molecule has 0 unspecified atom stereocenters. The summed E-state index contributed by atoms with van der Waals surface area (Å²) in [5, 5.41) is 0. The average molecular weight is 179 g/mol. The molecule has 0 N–H and O–H groups in total. The van der Waals surface area contributed by atoms with Gasteiger partial charge in [-0.05, 0) is 36.6 Å². The Balaban J connectivity index is 2.44. The number of nitrogens with zero attached hydrogens (tertiary/aromatic N) is 1. The summed E-state index contributed by atoms with van der Waals surface area (Å²) in [6.45, 7) is 2.18. The topological polar surface area (TPSA) is 12.9 Å². The van der Waals surface area contributed by atoms with E-state index in [9.17, 15) is 0 Å². The van der Waals surface area contributed by atoms with Crippen LogP contribution in [0.5, 0.6) is 0 Å². The van der Waals surface area contributed by atoms with Gasteiger partial charge < -0.3 is 0 Å². The largest absolute Gasteiger partial charge is 0.261 e. The number of hydrogen-bond acceptors (Lipinski definition) is 2. The SMILES string of the molecule is CCc1nccc2c1CCCS2. The smallest absolute Gasteiger partial charge is 0.0443 e. The minimum absolute atomic E-state index is 1.07. The molecule has 2 heteroatoms. The summed E-state index contributed by atoms with van der Waals surface area (Å²) in [5.41, 5.74) is 2.82. The molecule has 1 aliphatic rings. The van der Waals surface area contributed by atoms with Crippen LogP contribution < -0.4 is 0 Å². The van der Waals surface area contributed by atoms with Gasteiger partial charge in [-0.15, -0.1) is 11.8 Å². The predicted molar refractivity (Wildman–Crippen MR) is 52.7 cm³/mol. The minimum Gasteiger partial charge on any atom is -0.261 e. The third-order valence-electron chi connectivity index (χ3n) is 2.27. The Morgan fingerprint density at radius 2 is 2.50 bits per heavy atom. The Kier molecular flexibility index (Phi) is 2.35. The molecule has 0 spiro atoms. The molecule has 0 saturated carbocycles. The zero-order valence-electron chi connectivity index (χ0n) is 7.34. The third kappa shape index (κ3) is 1.36. The summed E-state index contributed by atoms with van der Waals surface area (Å²) < 4.78 is 0. The molecule has 0 amide bonds. The number of rotatable bonds is 1. The van der Waals surface area contributed by atoms with Crippen LogP contribution in [-0.4, -0.2) is 10.7 Å². The van der Waals surface area contributed by atoms with Crippen molar-refractivity contribution in [3.63, 3.8) is 0 Å². The van der Waals surface area contributed by atoms with Crippen molar-refractivity contribution in [2.45, 2.75) is 31.1 Å². The van der Waals surface area contributed by atoms with Crippen molar-refractivity contribution < 1.29 is 0 Å². The van der Waals surface area contributed by atoms with Gasteiger partial charge in [0.1, 0.15) is 0 Å². The summed E-state index contributed by atoms with van der Waals surface area (Å²) in [6.07, 6.45) is 5.56. The molecule has 1 aliphatic heterocycles. The van der Waals surface area contributed by atoms with Crippen molar-refractivity contribution in [3.05, 3.63) is 23.5 Å². The lowest BCUT2D eigenvalue weighted by molar-refractivity contribution is 0.840. The predicted octanol–water partition coefficient (Wildman–Crippen LogP) is 2.68. The van der Waals surface area contributed by atoms with Crippen LogP contribution >= 0.6 is 11.8 Å². The maximum absolute atomic E-state index is 4.40. The van der Waals surface area contributed by atoms with Gasteiger partial charge in [0.25, 0.3) is 0 Å². The molecule has 0 aromatic carbocycles. The Hall–Kier alpha value is -0.500. The molecule has 0 aliphatic carbocycles. The fourth-order valence-electron chi connectivity index (χ4n) is 1.65. The van der Waals surface area contributed by atoms with Crippen LogP contribution in [0, 0.1) is 0 Å². The molecular formula is C10H13NS. The quantitative estimate of drug-likeness (QED) is 0.657. The van der Waals surface area contributed by atoms with E-state index in [-0.39, 0.29) is 0 Å². The fourth-order valence-corrected chi connectivity index (χ4v) is 2.71. The van der Waals surface area contributed by atoms with Crippen molar-refractivity contribution in [3.8, 4) is 0 Å². The first kappa shape index (κ1) is 8.11. The molecule has 0 atom stereocenters. The van der Waals surface area contributed by atoms with Crippen molar-refractivity contribution in [1.29, 1.82) is 0 Å². The van der Waals surface area contributed by atoms with Crippen LogP contribution in [0.4, 0.5) is 0 Å². The number of pyridine rings is 1. The van der Waals surface area contributed by atoms with Crippen LogP contribution in [0.25, 0.3) is 0 Å². The number of fused-ring (bicyclic) bond motifs is 1. The van der Waals surface area contributed by atoms with E-state index in [1.165, 1.54) is 34.7 Å². The van der Waals surface area contributed by atoms with Crippen molar-refractivity contribution in [1.82, 2.24) is 4.98 Å². The van der Waals surface area contributed by atoms with E-state index in [1.54, 1.807) is 0 Å². The summed E-state index contributed by atoms with van der Waals surface area (Å²) >= 11 is 1.98. The Bertz CT molecular complexity index is 269. The van der Waals surface area contributed by atoms with Gasteiger partial charge >= 0.3 is 0 Å². The molecular weight excluding hydrogens is 166 g/mol. The molecule has 1 nitrogen and oxygen atoms in total. The maximum Gasteiger partial charge on any atom is 0.0443 e. The van der Waals surface area contributed by atoms with E-state index >= 15 is 0 Å². The Labute approximate surface area is 77.6 Å². The van der Waals surface area contributed by atoms with Crippen LogP contribution in [0.1, 0.15) is 24.6 Å². The fraction of sp³-hybridized carbons (Fsp3) is 0.500. The standard InChI is InChI=1S/C10H13NS/c1-2-9-8-4-3-7-12-10(8)5-6-11-9/h5-6H,2-4,7H2,1H3. The number of aromatic nitrogens is 1. The highest BCUT2D eigenvalue weighted by Gasteiger charge is 2.12. The Morgan fingerprint density at radius 1 is 1.58 bits per heavy atom. The molecule has 2 heterocycles. The minimum atomic E-state index is 1.07. The molecule has 1 aromatic rings. The van der Waals surface area contributed by atoms with Crippen LogP contribution in [0.3, 0.4) is 0 Å². The molecule has 1 aromatic heterocycles. The Morgan fingerprint density at radius 3 is 3.33 bits per heavy atom. The second-order valence-corrected chi connectivity index (χ2v) is 4.18. The van der Waals surface area contributed by atoms with Gasteiger partial charge in [0.15, 0.2) is 0 Å². The summed E-state index contributed by atoms with van der Waals surface area (Å²) in [4.78, 5) is 5.86. The van der Waals surface area contributed by atoms with Crippen LogP contribution in [0.2, 0.25) is 0 Å². The van der Waals surface area contributed by atoms with E-state index in [4.69, 9.17) is 0 Å². The van der Waals surface area contributed by atoms with Gasteiger partial charge in [-0.2, -0.15) is 0 Å². The molecule has 64 valence electrons. The average Bonchev–Trinajstić information content (AvgIpc) is 2.17. The molecule has 12 heavy (non-hydrogen) atoms. The zero-order chi connectivity index (χ0) is 8.39. The van der Waals surface area contributed by atoms with Crippen LogP contribution in [0.15, 0.2) is 17.2 Å². The second kappa shape index (κ2) is 3.48. The summed E-state index contributed by atoms with van der Waals surface area (Å²) in [7, 11) is 0. The van der Waals surface area contributed by atoms with Crippen molar-refractivity contribution in [2.24, 2.45) is 0 Å². The first-order valence-electron chi connectivity index (χ1n) is 4.51. The van der Waals surface area contributed by atoms with Crippen molar-refractivity contribution >= 4 is 11.8 Å². The van der Waals surface area contributed by atoms with Gasteiger partial charge in [0.2, 0.25) is 0 Å². The second-order valence-electron chi connectivity index (χ2n) is 3.04.